The third-order valence-corrected chi connectivity index (χ3v) is 1.99. The number of rotatable bonds is 5. The Hall–Kier alpha value is -1.55. The lowest BCUT2D eigenvalue weighted by Gasteiger charge is -2.09. The van der Waals surface area contributed by atoms with E-state index in [4.69, 9.17) is 4.74 Å². The maximum Gasteiger partial charge on any atom is 0.255 e. The average molecular weight is 223 g/mol. The van der Waals surface area contributed by atoms with Crippen LogP contribution in [0.15, 0.2) is 24.3 Å². The molecule has 1 amide bonds. The van der Waals surface area contributed by atoms with Crippen LogP contribution in [0, 0.1) is 0 Å². The van der Waals surface area contributed by atoms with Gasteiger partial charge in [-0.15, -0.1) is 0 Å². The number of benzene rings is 1. The standard InChI is InChI=1S/C12H17NO3/c1-9(2)16-8-7-13-12(15)10-5-3-4-6-11(10)14/h3-6,9,14H,7-8H2,1-2H3,(H,13,15). The van der Waals surface area contributed by atoms with Crippen molar-refractivity contribution in [2.45, 2.75) is 20.0 Å². The lowest BCUT2D eigenvalue weighted by Crippen LogP contribution is -2.28. The van der Waals surface area contributed by atoms with E-state index in [0.29, 0.717) is 13.2 Å². The molecule has 0 spiro atoms. The van der Waals surface area contributed by atoms with Crippen LogP contribution in [0.2, 0.25) is 0 Å². The second-order valence-corrected chi connectivity index (χ2v) is 3.69. The summed E-state index contributed by atoms with van der Waals surface area (Å²) in [6, 6.07) is 6.45. The van der Waals surface area contributed by atoms with Crippen molar-refractivity contribution in [1.82, 2.24) is 5.32 Å². The molecule has 0 aromatic heterocycles. The summed E-state index contributed by atoms with van der Waals surface area (Å²) in [6.45, 7) is 4.78. The largest absolute Gasteiger partial charge is 0.507 e. The molecule has 0 bridgehead atoms. The molecule has 0 aliphatic heterocycles. The van der Waals surface area contributed by atoms with Crippen LogP contribution in [0.25, 0.3) is 0 Å². The molecule has 0 unspecified atom stereocenters. The molecule has 1 aromatic carbocycles. The maximum absolute atomic E-state index is 11.6. The predicted molar refractivity (Wildman–Crippen MR) is 61.5 cm³/mol. The summed E-state index contributed by atoms with van der Waals surface area (Å²) in [5.41, 5.74) is 0.284. The molecule has 0 saturated carbocycles. The first-order valence-corrected chi connectivity index (χ1v) is 5.29. The number of carbonyl (C=O) groups excluding carboxylic acids is 1. The van der Waals surface area contributed by atoms with Gasteiger partial charge in [0, 0.05) is 6.54 Å². The van der Waals surface area contributed by atoms with Crippen LogP contribution in [0.1, 0.15) is 24.2 Å². The van der Waals surface area contributed by atoms with Crippen molar-refractivity contribution in [3.63, 3.8) is 0 Å². The smallest absolute Gasteiger partial charge is 0.255 e. The molecule has 16 heavy (non-hydrogen) atoms. The monoisotopic (exact) mass is 223 g/mol. The van der Waals surface area contributed by atoms with Crippen LogP contribution < -0.4 is 5.32 Å². The lowest BCUT2D eigenvalue weighted by atomic mass is 10.2. The first kappa shape index (κ1) is 12.5. The first-order chi connectivity index (χ1) is 7.61. The second-order valence-electron chi connectivity index (χ2n) is 3.69. The molecular weight excluding hydrogens is 206 g/mol. The zero-order chi connectivity index (χ0) is 12.0. The van der Waals surface area contributed by atoms with E-state index in [1.54, 1.807) is 18.2 Å². The highest BCUT2D eigenvalue weighted by molar-refractivity contribution is 5.96. The minimum Gasteiger partial charge on any atom is -0.507 e. The number of aromatic hydroxyl groups is 1. The van der Waals surface area contributed by atoms with E-state index >= 15 is 0 Å². The molecule has 1 rings (SSSR count). The molecule has 0 heterocycles. The first-order valence-electron chi connectivity index (χ1n) is 5.29. The molecule has 88 valence electrons. The second kappa shape index (κ2) is 6.12. The van der Waals surface area contributed by atoms with Gasteiger partial charge in [0.1, 0.15) is 5.75 Å². The highest BCUT2D eigenvalue weighted by Crippen LogP contribution is 2.14. The topological polar surface area (TPSA) is 58.6 Å². The van der Waals surface area contributed by atoms with Gasteiger partial charge < -0.3 is 15.2 Å². The van der Waals surface area contributed by atoms with Gasteiger partial charge in [-0.25, -0.2) is 0 Å². The Bertz CT molecular complexity index is 350. The highest BCUT2D eigenvalue weighted by Gasteiger charge is 2.08. The van der Waals surface area contributed by atoms with Gasteiger partial charge in [-0.05, 0) is 26.0 Å². The van der Waals surface area contributed by atoms with E-state index in [9.17, 15) is 9.90 Å². The van der Waals surface area contributed by atoms with Gasteiger partial charge in [0.25, 0.3) is 5.91 Å². The molecule has 0 fully saturated rings. The van der Waals surface area contributed by atoms with Crippen molar-refractivity contribution < 1.29 is 14.6 Å². The number of amides is 1. The number of hydrogen-bond acceptors (Lipinski definition) is 3. The van der Waals surface area contributed by atoms with Gasteiger partial charge >= 0.3 is 0 Å². The number of phenols is 1. The molecule has 0 atom stereocenters. The maximum atomic E-state index is 11.6. The van der Waals surface area contributed by atoms with E-state index in [0.717, 1.165) is 0 Å². The van der Waals surface area contributed by atoms with Crippen LogP contribution in [0.5, 0.6) is 5.75 Å². The zero-order valence-corrected chi connectivity index (χ0v) is 9.56. The Labute approximate surface area is 95.2 Å². The summed E-state index contributed by atoms with van der Waals surface area (Å²) in [6.07, 6.45) is 0.155. The molecule has 0 saturated heterocycles. The van der Waals surface area contributed by atoms with Crippen molar-refractivity contribution in [2.75, 3.05) is 13.2 Å². The summed E-state index contributed by atoms with van der Waals surface area (Å²) >= 11 is 0. The van der Waals surface area contributed by atoms with E-state index in [-0.39, 0.29) is 23.3 Å². The Kier molecular flexibility index (Phi) is 4.79. The predicted octanol–water partition coefficient (Wildman–Crippen LogP) is 1.55. The number of ether oxygens (including phenoxy) is 1. The van der Waals surface area contributed by atoms with E-state index in [2.05, 4.69) is 5.32 Å². The zero-order valence-electron chi connectivity index (χ0n) is 9.56. The molecule has 0 aliphatic rings. The lowest BCUT2D eigenvalue weighted by molar-refractivity contribution is 0.0745. The van der Waals surface area contributed by atoms with Crippen molar-refractivity contribution in [3.05, 3.63) is 29.8 Å². The summed E-state index contributed by atoms with van der Waals surface area (Å²) in [7, 11) is 0. The fraction of sp³-hybridized carbons (Fsp3) is 0.417. The Morgan fingerprint density at radius 3 is 2.75 bits per heavy atom. The quantitative estimate of drug-likeness (QED) is 0.744. The molecule has 2 N–H and O–H groups in total. The van der Waals surface area contributed by atoms with E-state index in [1.807, 2.05) is 13.8 Å². The van der Waals surface area contributed by atoms with Gasteiger partial charge in [0.2, 0.25) is 0 Å². The van der Waals surface area contributed by atoms with Crippen molar-refractivity contribution in [1.29, 1.82) is 0 Å². The fourth-order valence-corrected chi connectivity index (χ4v) is 1.22. The van der Waals surface area contributed by atoms with E-state index in [1.165, 1.54) is 6.07 Å². The van der Waals surface area contributed by atoms with Crippen LogP contribution in [0.3, 0.4) is 0 Å². The third-order valence-electron chi connectivity index (χ3n) is 1.99. The highest BCUT2D eigenvalue weighted by atomic mass is 16.5. The Morgan fingerprint density at radius 2 is 2.12 bits per heavy atom. The molecule has 1 aromatic rings. The third kappa shape index (κ3) is 3.90. The number of phenolic OH excluding ortho intramolecular Hbond substituents is 1. The van der Waals surface area contributed by atoms with Crippen molar-refractivity contribution >= 4 is 5.91 Å². The summed E-state index contributed by atoms with van der Waals surface area (Å²) in [5.74, 6) is -0.296. The minimum absolute atomic E-state index is 0.00946. The molecular formula is C12H17NO3. The molecule has 4 nitrogen and oxygen atoms in total. The van der Waals surface area contributed by atoms with Gasteiger partial charge in [-0.1, -0.05) is 12.1 Å². The van der Waals surface area contributed by atoms with Crippen LogP contribution >= 0.6 is 0 Å². The van der Waals surface area contributed by atoms with Crippen LogP contribution in [-0.2, 0) is 4.74 Å². The fourth-order valence-electron chi connectivity index (χ4n) is 1.22. The summed E-state index contributed by atoms with van der Waals surface area (Å²) in [5, 5.41) is 12.1. The Balaban J connectivity index is 2.39. The van der Waals surface area contributed by atoms with Gasteiger partial charge in [-0.2, -0.15) is 0 Å². The van der Waals surface area contributed by atoms with Crippen LogP contribution in [0.4, 0.5) is 0 Å². The number of hydrogen-bond donors (Lipinski definition) is 2. The average Bonchev–Trinajstić information content (AvgIpc) is 2.24. The van der Waals surface area contributed by atoms with Crippen LogP contribution in [-0.4, -0.2) is 30.3 Å². The van der Waals surface area contributed by atoms with Crippen molar-refractivity contribution in [2.24, 2.45) is 0 Å². The Morgan fingerprint density at radius 1 is 1.44 bits per heavy atom. The number of nitrogens with one attached hydrogen (secondary N) is 1. The summed E-state index contributed by atoms with van der Waals surface area (Å²) in [4.78, 5) is 11.6. The normalized spacial score (nSPS) is 10.4. The SMILES string of the molecule is CC(C)OCCNC(=O)c1ccccc1O. The summed E-state index contributed by atoms with van der Waals surface area (Å²) < 4.78 is 5.28. The molecule has 0 radical (unpaired) electrons. The number of para-hydroxylation sites is 1. The van der Waals surface area contributed by atoms with Gasteiger partial charge in [-0.3, -0.25) is 4.79 Å². The molecule has 4 heteroatoms. The van der Waals surface area contributed by atoms with Crippen molar-refractivity contribution in [3.8, 4) is 5.75 Å². The van der Waals surface area contributed by atoms with Gasteiger partial charge in [0.15, 0.2) is 0 Å². The van der Waals surface area contributed by atoms with Gasteiger partial charge in [0.05, 0.1) is 18.3 Å². The number of carbonyl (C=O) groups is 1. The van der Waals surface area contributed by atoms with E-state index < -0.39 is 0 Å². The molecule has 0 aliphatic carbocycles. The minimum atomic E-state index is -0.287.